The maximum atomic E-state index is 13.4. The fraction of sp³-hybridized carbons (Fsp3) is 0.318. The lowest BCUT2D eigenvalue weighted by molar-refractivity contribution is -0.128. The van der Waals surface area contributed by atoms with Crippen LogP contribution in [0.1, 0.15) is 45.2 Å². The van der Waals surface area contributed by atoms with Gasteiger partial charge in [0.1, 0.15) is 0 Å². The summed E-state index contributed by atoms with van der Waals surface area (Å²) in [6.07, 6.45) is 0. The molecule has 0 radical (unpaired) electrons. The van der Waals surface area contributed by atoms with Crippen LogP contribution in [0, 0.1) is 0 Å². The minimum absolute atomic E-state index is 0.0673. The summed E-state index contributed by atoms with van der Waals surface area (Å²) in [4.78, 5) is 17.2. The number of hydrogen-bond acceptors (Lipinski definition) is 2. The lowest BCUT2D eigenvalue weighted by Gasteiger charge is -2.37. The molecule has 1 heterocycles. The van der Waals surface area contributed by atoms with Crippen LogP contribution < -0.4 is 4.90 Å². The van der Waals surface area contributed by atoms with Crippen molar-refractivity contribution in [3.63, 3.8) is 0 Å². The van der Waals surface area contributed by atoms with Crippen LogP contribution in [-0.2, 0) is 4.79 Å². The quantitative estimate of drug-likeness (QED) is 0.809. The molecule has 1 aliphatic heterocycles. The van der Waals surface area contributed by atoms with Crippen molar-refractivity contribution >= 4 is 11.6 Å². The van der Waals surface area contributed by atoms with Gasteiger partial charge in [-0.1, -0.05) is 55.5 Å². The van der Waals surface area contributed by atoms with Gasteiger partial charge in [0, 0.05) is 38.3 Å². The smallest absolute Gasteiger partial charge is 0.252 e. The molecule has 2 aromatic carbocycles. The van der Waals surface area contributed by atoms with Crippen molar-refractivity contribution in [2.75, 3.05) is 19.0 Å². The van der Waals surface area contributed by atoms with Crippen LogP contribution in [0.4, 0.5) is 5.69 Å². The Morgan fingerprint density at radius 1 is 1.16 bits per heavy atom. The second-order valence-corrected chi connectivity index (χ2v) is 6.66. The van der Waals surface area contributed by atoms with Gasteiger partial charge in [0.05, 0.1) is 6.04 Å². The zero-order chi connectivity index (χ0) is 19.1. The van der Waals surface area contributed by atoms with E-state index in [1.165, 1.54) is 0 Å². The van der Waals surface area contributed by atoms with Crippen molar-refractivity contribution in [3.8, 4) is 0 Å². The fourth-order valence-electron chi connectivity index (χ4n) is 3.46. The van der Waals surface area contributed by atoms with Crippen LogP contribution in [0.25, 0.3) is 0 Å². The normalized spacial score (nSPS) is 21.5. The molecule has 0 fully saturated rings. The van der Waals surface area contributed by atoms with E-state index in [2.05, 4.69) is 0 Å². The number of para-hydroxylation sites is 1. The zero-order valence-electron chi connectivity index (χ0n) is 16.6. The summed E-state index contributed by atoms with van der Waals surface area (Å²) in [7, 11) is 3.77. The Bertz CT molecular complexity index is 857. The van der Waals surface area contributed by atoms with Gasteiger partial charge in [0.25, 0.3) is 5.91 Å². The van der Waals surface area contributed by atoms with Crippen LogP contribution in [0.3, 0.4) is 0 Å². The summed E-state index contributed by atoms with van der Waals surface area (Å²) in [5, 5.41) is 0. The van der Waals surface area contributed by atoms with Crippen molar-refractivity contribution in [3.05, 3.63) is 77.0 Å². The van der Waals surface area contributed by atoms with Gasteiger partial charge in [-0.3, -0.25) is 4.79 Å². The molecule has 1 aliphatic rings. The molecule has 0 aromatic heterocycles. The minimum atomic E-state index is -1.09. The highest BCUT2D eigenvalue weighted by molar-refractivity contribution is 5.97. The molecule has 1 amide bonds. The zero-order valence-corrected chi connectivity index (χ0v) is 15.6. The van der Waals surface area contributed by atoms with Gasteiger partial charge in [-0.05, 0) is 31.0 Å². The Kier molecular flexibility index (Phi) is 4.31. The van der Waals surface area contributed by atoms with E-state index in [4.69, 9.17) is 1.37 Å². The molecule has 3 nitrogen and oxygen atoms in total. The van der Waals surface area contributed by atoms with Gasteiger partial charge in [-0.2, -0.15) is 0 Å². The van der Waals surface area contributed by atoms with Gasteiger partial charge in [0.2, 0.25) is 0 Å². The molecule has 0 spiro atoms. The monoisotopic (exact) mass is 335 g/mol. The third-order valence-corrected chi connectivity index (χ3v) is 5.31. The number of nitrogens with zero attached hydrogens (tertiary/aromatic N) is 2. The van der Waals surface area contributed by atoms with Crippen LogP contribution in [0.5, 0.6) is 0 Å². The highest BCUT2D eigenvalue weighted by Crippen LogP contribution is 2.41. The van der Waals surface area contributed by atoms with E-state index in [0.717, 1.165) is 22.5 Å². The van der Waals surface area contributed by atoms with E-state index in [1.807, 2.05) is 94.4 Å². The van der Waals surface area contributed by atoms with Crippen LogP contribution in [-0.4, -0.2) is 24.9 Å². The van der Waals surface area contributed by atoms with Crippen molar-refractivity contribution in [1.29, 1.82) is 0 Å². The van der Waals surface area contributed by atoms with Gasteiger partial charge in [-0.15, -0.1) is 0 Å². The molecule has 3 heteroatoms. The Morgan fingerprint density at radius 3 is 2.44 bits per heavy atom. The number of benzene rings is 2. The second-order valence-electron chi connectivity index (χ2n) is 6.66. The predicted molar refractivity (Wildman–Crippen MR) is 104 cm³/mol. The summed E-state index contributed by atoms with van der Waals surface area (Å²) < 4.78 is 9.02. The summed E-state index contributed by atoms with van der Waals surface area (Å²) in [5.41, 5.74) is 4.29. The van der Waals surface area contributed by atoms with Gasteiger partial charge < -0.3 is 9.80 Å². The molecular formula is C22H26N2O. The number of fused-ring (bicyclic) bond motifs is 1. The SMILES string of the molecule is [2H]C1(C)C(C(=O)N(C)C(C)c2ccccc2)=C(C)N(C)c2ccccc21. The number of allylic oxidation sites excluding steroid dienone is 1. The lowest BCUT2D eigenvalue weighted by Crippen LogP contribution is -2.36. The summed E-state index contributed by atoms with van der Waals surface area (Å²) >= 11 is 0. The third kappa shape index (κ3) is 2.95. The predicted octanol–water partition coefficient (Wildman–Crippen LogP) is 4.73. The van der Waals surface area contributed by atoms with E-state index in [-0.39, 0.29) is 11.9 Å². The minimum Gasteiger partial charge on any atom is -0.348 e. The Balaban J connectivity index is 2.02. The van der Waals surface area contributed by atoms with Crippen molar-refractivity contribution in [1.82, 2.24) is 4.90 Å². The fourth-order valence-corrected chi connectivity index (χ4v) is 3.46. The molecule has 0 N–H and O–H groups in total. The lowest BCUT2D eigenvalue weighted by atomic mass is 9.85. The first-order valence-corrected chi connectivity index (χ1v) is 8.63. The van der Waals surface area contributed by atoms with E-state index in [9.17, 15) is 4.79 Å². The highest BCUT2D eigenvalue weighted by atomic mass is 16.2. The van der Waals surface area contributed by atoms with Crippen molar-refractivity contribution in [2.45, 2.75) is 32.7 Å². The molecule has 0 saturated carbocycles. The molecule has 0 bridgehead atoms. The Labute approximate surface area is 152 Å². The molecule has 2 unspecified atom stereocenters. The number of rotatable bonds is 3. The molecule has 0 aliphatic carbocycles. The molecule has 3 rings (SSSR count). The topological polar surface area (TPSA) is 23.6 Å². The number of likely N-dealkylation sites (N-methyl/N-ethyl adjacent to an activating group) is 1. The van der Waals surface area contributed by atoms with Crippen LogP contribution >= 0.6 is 0 Å². The standard InChI is InChI=1S/C22H26N2O/c1-15-19-13-9-10-14-20(19)23(4)17(3)21(15)22(25)24(5)16(2)18-11-7-6-8-12-18/h6-16H,1-5H3/i15D. The third-order valence-electron chi connectivity index (χ3n) is 5.31. The summed E-state index contributed by atoms with van der Waals surface area (Å²) in [6.45, 7) is 5.76. The second kappa shape index (κ2) is 6.75. The van der Waals surface area contributed by atoms with E-state index < -0.39 is 5.89 Å². The molecule has 25 heavy (non-hydrogen) atoms. The molecule has 130 valence electrons. The number of carbonyl (C=O) groups is 1. The largest absolute Gasteiger partial charge is 0.348 e. The Morgan fingerprint density at radius 2 is 1.76 bits per heavy atom. The summed E-state index contributed by atoms with van der Waals surface area (Å²) in [6, 6.07) is 17.8. The highest BCUT2D eigenvalue weighted by Gasteiger charge is 2.33. The number of carbonyl (C=O) groups excluding carboxylic acids is 1. The maximum Gasteiger partial charge on any atom is 0.252 e. The van der Waals surface area contributed by atoms with Crippen LogP contribution in [0.2, 0.25) is 0 Å². The first-order valence-electron chi connectivity index (χ1n) is 9.13. The van der Waals surface area contributed by atoms with E-state index >= 15 is 0 Å². The first kappa shape index (κ1) is 15.9. The molecular weight excluding hydrogens is 308 g/mol. The number of anilines is 1. The number of hydrogen-bond donors (Lipinski definition) is 0. The summed E-state index contributed by atoms with van der Waals surface area (Å²) in [5.74, 6) is -1.19. The number of amides is 1. The molecule has 2 atom stereocenters. The first-order chi connectivity index (χ1) is 12.3. The maximum absolute atomic E-state index is 13.4. The van der Waals surface area contributed by atoms with Gasteiger partial charge >= 0.3 is 0 Å². The van der Waals surface area contributed by atoms with Crippen LogP contribution in [0.15, 0.2) is 65.9 Å². The van der Waals surface area contributed by atoms with E-state index in [0.29, 0.717) is 5.57 Å². The van der Waals surface area contributed by atoms with Gasteiger partial charge in [-0.25, -0.2) is 0 Å². The molecule has 0 saturated heterocycles. The average Bonchev–Trinajstić information content (AvgIpc) is 2.65. The van der Waals surface area contributed by atoms with Gasteiger partial charge in [0.15, 0.2) is 0 Å². The molecule has 2 aromatic rings. The van der Waals surface area contributed by atoms with E-state index in [1.54, 1.807) is 4.90 Å². The Hall–Kier alpha value is -2.55. The van der Waals surface area contributed by atoms with Crippen molar-refractivity contribution in [2.24, 2.45) is 0 Å². The average molecular weight is 335 g/mol. The van der Waals surface area contributed by atoms with Crippen molar-refractivity contribution < 1.29 is 6.17 Å².